The number of aliphatic carboxylic acids is 1. The van der Waals surface area contributed by atoms with E-state index < -0.39 is 71.3 Å². The number of ether oxygens (including phenoxy) is 3. The summed E-state index contributed by atoms with van der Waals surface area (Å²) in [5.41, 5.74) is -4.51. The number of nitrogens with zero attached hydrogens (tertiary/aromatic N) is 3. The van der Waals surface area contributed by atoms with Crippen molar-refractivity contribution in [2.24, 2.45) is 0 Å². The summed E-state index contributed by atoms with van der Waals surface area (Å²) in [5.74, 6) is -1.28. The Morgan fingerprint density at radius 3 is 2.15 bits per heavy atom. The maximum atomic E-state index is 13.9. The number of hydrogen-bond acceptors (Lipinski definition) is 8. The van der Waals surface area contributed by atoms with E-state index in [9.17, 15) is 49.1 Å². The molecule has 0 unspecified atom stereocenters. The highest BCUT2D eigenvalue weighted by Crippen LogP contribution is 2.43. The smallest absolute Gasteiger partial charge is 0.416 e. The van der Waals surface area contributed by atoms with Crippen LogP contribution in [0.2, 0.25) is 0 Å². The lowest BCUT2D eigenvalue weighted by molar-refractivity contribution is -0.143. The number of alkyl halides is 9. The molecule has 2 atom stereocenters. The van der Waals surface area contributed by atoms with Gasteiger partial charge in [0.05, 0.1) is 53.5 Å². The zero-order valence-electron chi connectivity index (χ0n) is 29.0. The molecule has 0 bridgehead atoms. The van der Waals surface area contributed by atoms with E-state index in [1.54, 1.807) is 6.92 Å². The fraction of sp³-hybridized carbons (Fsp3) is 0.486. The van der Waals surface area contributed by atoms with Crippen LogP contribution in [-0.4, -0.2) is 60.1 Å². The van der Waals surface area contributed by atoms with Crippen LogP contribution in [0.5, 0.6) is 5.75 Å². The molecule has 54 heavy (non-hydrogen) atoms. The maximum absolute atomic E-state index is 13.9. The highest BCUT2D eigenvalue weighted by molar-refractivity contribution is 5.90. The highest BCUT2D eigenvalue weighted by atomic mass is 19.4. The number of fused-ring (bicyclic) bond motifs is 1. The number of unbranched alkanes of at least 4 members (excludes halogenated alkanes) is 2. The van der Waals surface area contributed by atoms with Gasteiger partial charge >= 0.3 is 30.6 Å². The van der Waals surface area contributed by atoms with E-state index in [4.69, 9.17) is 19.3 Å². The number of hydrogen-bond donors (Lipinski definition) is 2. The second-order valence-corrected chi connectivity index (χ2v) is 12.4. The van der Waals surface area contributed by atoms with E-state index in [0.717, 1.165) is 24.4 Å². The van der Waals surface area contributed by atoms with Gasteiger partial charge in [-0.1, -0.05) is 6.92 Å². The highest BCUT2D eigenvalue weighted by Gasteiger charge is 2.40. The second kappa shape index (κ2) is 17.6. The zero-order chi connectivity index (χ0) is 39.8. The van der Waals surface area contributed by atoms with Crippen molar-refractivity contribution in [3.8, 4) is 5.75 Å². The lowest BCUT2D eigenvalue weighted by Gasteiger charge is -2.40. The van der Waals surface area contributed by atoms with E-state index in [-0.39, 0.29) is 67.4 Å². The molecule has 0 saturated carbocycles. The van der Waals surface area contributed by atoms with Crippen LogP contribution in [0.4, 0.5) is 55.9 Å². The minimum absolute atomic E-state index is 0.00606. The van der Waals surface area contributed by atoms with Gasteiger partial charge in [-0.2, -0.15) is 39.5 Å². The Labute approximate surface area is 303 Å². The van der Waals surface area contributed by atoms with Gasteiger partial charge in [0.25, 0.3) is 0 Å². The fourth-order valence-electron chi connectivity index (χ4n) is 5.88. The van der Waals surface area contributed by atoms with E-state index in [0.29, 0.717) is 37.8 Å². The number of benzene rings is 2. The van der Waals surface area contributed by atoms with Crippen LogP contribution in [-0.2, 0) is 39.2 Å². The first-order chi connectivity index (χ1) is 25.3. The minimum Gasteiger partial charge on any atom is -0.488 e. The van der Waals surface area contributed by atoms with Gasteiger partial charge in [0.15, 0.2) is 5.75 Å². The molecule has 1 aliphatic rings. The Bertz CT molecular complexity index is 1740. The summed E-state index contributed by atoms with van der Waals surface area (Å²) in [6.45, 7) is 1.66. The largest absolute Gasteiger partial charge is 0.488 e. The second-order valence-electron chi connectivity index (χ2n) is 12.4. The molecule has 0 fully saturated rings. The average Bonchev–Trinajstić information content (AvgIpc) is 3.08. The third kappa shape index (κ3) is 11.1. The van der Waals surface area contributed by atoms with Crippen molar-refractivity contribution < 1.29 is 68.4 Å². The van der Waals surface area contributed by atoms with Crippen LogP contribution >= 0.6 is 0 Å². The number of nitrogens with one attached hydrogen (secondary N) is 1. The van der Waals surface area contributed by atoms with Crippen LogP contribution in [0.1, 0.15) is 85.0 Å². The summed E-state index contributed by atoms with van der Waals surface area (Å²) in [6, 6.07) is 2.31. The summed E-state index contributed by atoms with van der Waals surface area (Å²) in [4.78, 5) is 33.8. The van der Waals surface area contributed by atoms with Crippen LogP contribution in [0.15, 0.2) is 42.6 Å². The van der Waals surface area contributed by atoms with Crippen LogP contribution < -0.4 is 15.0 Å². The topological polar surface area (TPSA) is 123 Å². The van der Waals surface area contributed by atoms with Gasteiger partial charge < -0.3 is 24.6 Å². The molecule has 296 valence electrons. The molecule has 3 aromatic rings. The molecular formula is C35H37F9N4O6. The van der Waals surface area contributed by atoms with Crippen molar-refractivity contribution in [3.05, 3.63) is 76.1 Å². The number of methoxy groups -OCH3 is 1. The summed E-state index contributed by atoms with van der Waals surface area (Å²) >= 11 is 0. The fourth-order valence-corrected chi connectivity index (χ4v) is 5.88. The number of carboxylic acid groups (broad SMARTS) is 1. The number of carbonyl (C=O) groups is 2. The minimum atomic E-state index is -5.10. The maximum Gasteiger partial charge on any atom is 0.416 e. The van der Waals surface area contributed by atoms with Crippen molar-refractivity contribution in [1.29, 1.82) is 0 Å². The lowest BCUT2D eigenvalue weighted by Crippen LogP contribution is -2.46. The van der Waals surface area contributed by atoms with Gasteiger partial charge in [-0.05, 0) is 79.6 Å². The van der Waals surface area contributed by atoms with Gasteiger partial charge in [0.1, 0.15) is 6.61 Å². The predicted octanol–water partition coefficient (Wildman–Crippen LogP) is 9.07. The van der Waals surface area contributed by atoms with Crippen molar-refractivity contribution in [2.45, 2.75) is 82.5 Å². The van der Waals surface area contributed by atoms with Gasteiger partial charge in [-0.15, -0.1) is 0 Å². The third-order valence-corrected chi connectivity index (χ3v) is 8.49. The molecule has 0 radical (unpaired) electrons. The standard InChI is InChI=1S/C35H37F9N4O6/c1-3-24-18-26(25-17-21(33(36,37)38)8-9-28(25)48(24)32(51)54-10-6-4-5-7-30(49)50)46-31-45-19-29(53-12-11-52-2)27(47-31)15-20-13-22(34(39,40)41)16-23(14-20)35(42,43)44/h8-9,13-14,16-17,19,24,26H,3-7,10-12,15,18H2,1-2H3,(H,49,50)(H,45,46,47)/t24-,26+/m1/s1. The Kier molecular flexibility index (Phi) is 13.6. The Balaban J connectivity index is 1.70. The molecule has 10 nitrogen and oxygen atoms in total. The first-order valence-corrected chi connectivity index (χ1v) is 16.7. The molecule has 1 amide bonds. The monoisotopic (exact) mass is 780 g/mol. The summed E-state index contributed by atoms with van der Waals surface area (Å²) in [5, 5.41) is 11.8. The molecular weight excluding hydrogens is 743 g/mol. The third-order valence-electron chi connectivity index (χ3n) is 8.49. The Morgan fingerprint density at radius 1 is 0.889 bits per heavy atom. The van der Waals surface area contributed by atoms with Crippen molar-refractivity contribution in [2.75, 3.05) is 37.1 Å². The summed E-state index contributed by atoms with van der Waals surface area (Å²) < 4.78 is 139. The molecule has 2 heterocycles. The number of aromatic nitrogens is 2. The number of halogens is 9. The summed E-state index contributed by atoms with van der Waals surface area (Å²) in [6.07, 6.45) is -13.8. The van der Waals surface area contributed by atoms with Crippen LogP contribution in [0.3, 0.4) is 0 Å². The Hall–Kier alpha value is -4.81. The lowest BCUT2D eigenvalue weighted by atomic mass is 9.89. The molecule has 0 spiro atoms. The Morgan fingerprint density at radius 2 is 1.56 bits per heavy atom. The molecule has 1 aromatic heterocycles. The number of anilines is 2. The molecule has 2 aromatic carbocycles. The molecule has 0 saturated heterocycles. The van der Waals surface area contributed by atoms with Gasteiger partial charge in [-0.3, -0.25) is 9.69 Å². The molecule has 4 rings (SSSR count). The van der Waals surface area contributed by atoms with Crippen LogP contribution in [0, 0.1) is 0 Å². The SMILES string of the molecule is CC[C@@H]1C[C@H](Nc2ncc(OCCOC)c(Cc3cc(C(F)(F)F)cc(C(F)(F)F)c3)n2)c2cc(C(F)(F)F)ccc2N1C(=O)OCCCCCC(=O)O. The summed E-state index contributed by atoms with van der Waals surface area (Å²) in [7, 11) is 1.37. The van der Waals surface area contributed by atoms with Crippen molar-refractivity contribution in [3.63, 3.8) is 0 Å². The molecule has 2 N–H and O–H groups in total. The number of carbonyl (C=O) groups excluding carboxylic acids is 1. The first-order valence-electron chi connectivity index (χ1n) is 16.7. The average molecular weight is 781 g/mol. The van der Waals surface area contributed by atoms with E-state index in [2.05, 4.69) is 15.3 Å². The van der Waals surface area contributed by atoms with E-state index in [1.807, 2.05) is 0 Å². The van der Waals surface area contributed by atoms with E-state index in [1.165, 1.54) is 12.0 Å². The predicted molar refractivity (Wildman–Crippen MR) is 175 cm³/mol. The van der Waals surface area contributed by atoms with Crippen molar-refractivity contribution in [1.82, 2.24) is 9.97 Å². The van der Waals surface area contributed by atoms with Gasteiger partial charge in [0.2, 0.25) is 5.95 Å². The number of amides is 1. The zero-order valence-corrected chi connectivity index (χ0v) is 29.0. The number of rotatable bonds is 15. The number of carboxylic acids is 1. The van der Waals surface area contributed by atoms with Gasteiger partial charge in [0, 0.05) is 26.0 Å². The molecule has 0 aliphatic carbocycles. The van der Waals surface area contributed by atoms with Gasteiger partial charge in [-0.25, -0.2) is 14.8 Å². The molecule has 19 heteroatoms. The normalized spacial score (nSPS) is 16.2. The quantitative estimate of drug-likeness (QED) is 0.115. The van der Waals surface area contributed by atoms with Crippen LogP contribution in [0.25, 0.3) is 0 Å². The molecule has 1 aliphatic heterocycles. The first kappa shape index (κ1) is 41.9. The van der Waals surface area contributed by atoms with Crippen molar-refractivity contribution >= 4 is 23.7 Å². The van der Waals surface area contributed by atoms with E-state index >= 15 is 0 Å².